The molecule has 0 aliphatic heterocycles. The first kappa shape index (κ1) is 13.8. The molecule has 0 spiro atoms. The van der Waals surface area contributed by atoms with Gasteiger partial charge in [0.25, 0.3) is 5.91 Å². The van der Waals surface area contributed by atoms with E-state index in [2.05, 4.69) is 0 Å². The highest BCUT2D eigenvalue weighted by atomic mass is 16.5. The molecule has 0 saturated heterocycles. The fraction of sp³-hybridized carbons (Fsp3) is 0.125. The normalized spacial score (nSPS) is 9.90. The third-order valence-corrected chi connectivity index (χ3v) is 2.87. The Bertz CT molecular complexity index is 605. The van der Waals surface area contributed by atoms with Crippen LogP contribution < -0.4 is 4.90 Å². The van der Waals surface area contributed by atoms with Crippen molar-refractivity contribution >= 4 is 17.7 Å². The molecule has 20 heavy (non-hydrogen) atoms. The van der Waals surface area contributed by atoms with Gasteiger partial charge in [-0.2, -0.15) is 0 Å². The van der Waals surface area contributed by atoms with Crippen LogP contribution in [-0.2, 0) is 4.74 Å². The zero-order valence-electron chi connectivity index (χ0n) is 11.4. The van der Waals surface area contributed by atoms with Crippen LogP contribution in [0, 0.1) is 6.92 Å². The number of aryl methyl sites for hydroxylation is 1. The van der Waals surface area contributed by atoms with Crippen LogP contribution in [0.1, 0.15) is 15.9 Å². The van der Waals surface area contributed by atoms with Gasteiger partial charge >= 0.3 is 6.09 Å². The summed E-state index contributed by atoms with van der Waals surface area (Å²) in [6.45, 7) is 1.93. The number of carbonyl (C=O) groups is 2. The van der Waals surface area contributed by atoms with Crippen molar-refractivity contribution in [3.63, 3.8) is 0 Å². The lowest BCUT2D eigenvalue weighted by Crippen LogP contribution is -2.36. The van der Waals surface area contributed by atoms with Crippen LogP contribution in [0.2, 0.25) is 0 Å². The Labute approximate surface area is 117 Å². The maximum Gasteiger partial charge on any atom is 0.421 e. The fourth-order valence-electron chi connectivity index (χ4n) is 1.80. The van der Waals surface area contributed by atoms with E-state index < -0.39 is 12.0 Å². The van der Waals surface area contributed by atoms with Crippen molar-refractivity contribution in [1.29, 1.82) is 0 Å². The topological polar surface area (TPSA) is 46.6 Å². The zero-order valence-corrected chi connectivity index (χ0v) is 11.4. The number of anilines is 1. The summed E-state index contributed by atoms with van der Waals surface area (Å²) >= 11 is 0. The predicted molar refractivity (Wildman–Crippen MR) is 76.8 cm³/mol. The highest BCUT2D eigenvalue weighted by Crippen LogP contribution is 2.18. The van der Waals surface area contributed by atoms with Gasteiger partial charge in [0.2, 0.25) is 0 Å². The summed E-state index contributed by atoms with van der Waals surface area (Å²) in [7, 11) is 1.25. The van der Waals surface area contributed by atoms with E-state index >= 15 is 0 Å². The second-order valence-electron chi connectivity index (χ2n) is 4.31. The smallest absolute Gasteiger partial charge is 0.421 e. The third kappa shape index (κ3) is 2.85. The second-order valence-corrected chi connectivity index (χ2v) is 4.31. The second kappa shape index (κ2) is 6.02. The van der Waals surface area contributed by atoms with E-state index in [-0.39, 0.29) is 0 Å². The van der Waals surface area contributed by atoms with E-state index in [4.69, 9.17) is 4.74 Å². The number of amides is 2. The van der Waals surface area contributed by atoms with E-state index in [0.29, 0.717) is 11.3 Å². The van der Waals surface area contributed by atoms with Gasteiger partial charge in [0, 0.05) is 5.56 Å². The summed E-state index contributed by atoms with van der Waals surface area (Å²) in [5.74, 6) is -0.414. The SMILES string of the molecule is COC(=O)N(C(=O)c1ccc(C)cc1)c1ccccc1. The minimum absolute atomic E-state index is 0.414. The van der Waals surface area contributed by atoms with E-state index in [1.807, 2.05) is 25.1 Å². The highest BCUT2D eigenvalue weighted by molar-refractivity contribution is 6.19. The minimum Gasteiger partial charge on any atom is -0.452 e. The van der Waals surface area contributed by atoms with Crippen LogP contribution in [-0.4, -0.2) is 19.1 Å². The Morgan fingerprint density at radius 1 is 0.950 bits per heavy atom. The van der Waals surface area contributed by atoms with E-state index in [1.54, 1.807) is 36.4 Å². The Hall–Kier alpha value is -2.62. The van der Waals surface area contributed by atoms with Gasteiger partial charge in [0.05, 0.1) is 12.8 Å². The van der Waals surface area contributed by atoms with Crippen molar-refractivity contribution < 1.29 is 14.3 Å². The summed E-state index contributed by atoms with van der Waals surface area (Å²) in [4.78, 5) is 25.4. The highest BCUT2D eigenvalue weighted by Gasteiger charge is 2.25. The van der Waals surface area contributed by atoms with Gasteiger partial charge in [-0.15, -0.1) is 0 Å². The number of para-hydroxylation sites is 1. The lowest BCUT2D eigenvalue weighted by atomic mass is 10.1. The van der Waals surface area contributed by atoms with Crippen LogP contribution in [0.15, 0.2) is 54.6 Å². The monoisotopic (exact) mass is 269 g/mol. The molecule has 2 amide bonds. The van der Waals surface area contributed by atoms with Crippen molar-refractivity contribution in [2.45, 2.75) is 6.92 Å². The number of methoxy groups -OCH3 is 1. The van der Waals surface area contributed by atoms with Gasteiger partial charge in [0.15, 0.2) is 0 Å². The molecular weight excluding hydrogens is 254 g/mol. The minimum atomic E-state index is -0.707. The summed E-state index contributed by atoms with van der Waals surface area (Å²) in [5, 5.41) is 0. The lowest BCUT2D eigenvalue weighted by Gasteiger charge is -2.19. The molecule has 0 N–H and O–H groups in total. The number of rotatable bonds is 2. The number of nitrogens with zero attached hydrogens (tertiary/aromatic N) is 1. The number of hydrogen-bond donors (Lipinski definition) is 0. The largest absolute Gasteiger partial charge is 0.452 e. The predicted octanol–water partition coefficient (Wildman–Crippen LogP) is 3.41. The number of hydrogen-bond acceptors (Lipinski definition) is 3. The molecule has 0 aliphatic rings. The van der Waals surface area contributed by atoms with Crippen LogP contribution in [0.3, 0.4) is 0 Å². The molecule has 0 fully saturated rings. The van der Waals surface area contributed by atoms with Gasteiger partial charge < -0.3 is 4.74 Å². The summed E-state index contributed by atoms with van der Waals surface area (Å²) in [5.41, 5.74) is 1.96. The quantitative estimate of drug-likeness (QED) is 0.839. The summed E-state index contributed by atoms with van der Waals surface area (Å²) in [6.07, 6.45) is -0.707. The van der Waals surface area contributed by atoms with Crippen LogP contribution in [0.25, 0.3) is 0 Å². The first-order valence-electron chi connectivity index (χ1n) is 6.17. The van der Waals surface area contributed by atoms with Crippen LogP contribution >= 0.6 is 0 Å². The molecule has 2 aromatic rings. The maximum atomic E-state index is 12.5. The molecule has 0 aliphatic carbocycles. The van der Waals surface area contributed by atoms with E-state index in [0.717, 1.165) is 10.5 Å². The first-order valence-corrected chi connectivity index (χ1v) is 6.17. The molecule has 0 aromatic heterocycles. The lowest BCUT2D eigenvalue weighted by molar-refractivity contribution is 0.0976. The number of imide groups is 1. The molecule has 0 heterocycles. The van der Waals surface area contributed by atoms with Crippen molar-refractivity contribution in [3.8, 4) is 0 Å². The number of benzene rings is 2. The molecule has 0 radical (unpaired) electrons. The summed E-state index contributed by atoms with van der Waals surface area (Å²) < 4.78 is 4.70. The van der Waals surface area contributed by atoms with Crippen LogP contribution in [0.4, 0.5) is 10.5 Å². The average Bonchev–Trinajstić information content (AvgIpc) is 2.49. The average molecular weight is 269 g/mol. The van der Waals surface area contributed by atoms with Crippen molar-refractivity contribution in [2.24, 2.45) is 0 Å². The van der Waals surface area contributed by atoms with Gasteiger partial charge in [-0.3, -0.25) is 4.79 Å². The molecule has 102 valence electrons. The fourth-order valence-corrected chi connectivity index (χ4v) is 1.80. The first-order chi connectivity index (χ1) is 9.63. The van der Waals surface area contributed by atoms with Gasteiger partial charge in [0.1, 0.15) is 0 Å². The van der Waals surface area contributed by atoms with Crippen molar-refractivity contribution in [2.75, 3.05) is 12.0 Å². The van der Waals surface area contributed by atoms with E-state index in [1.165, 1.54) is 7.11 Å². The Kier molecular flexibility index (Phi) is 4.15. The molecule has 0 unspecified atom stereocenters. The molecule has 0 saturated carbocycles. The maximum absolute atomic E-state index is 12.5. The Morgan fingerprint density at radius 2 is 1.55 bits per heavy atom. The molecule has 2 rings (SSSR count). The summed E-state index contributed by atoms with van der Waals surface area (Å²) in [6, 6.07) is 15.7. The zero-order chi connectivity index (χ0) is 14.5. The van der Waals surface area contributed by atoms with Crippen molar-refractivity contribution in [3.05, 3.63) is 65.7 Å². The Morgan fingerprint density at radius 3 is 2.10 bits per heavy atom. The molecule has 0 bridgehead atoms. The van der Waals surface area contributed by atoms with Gasteiger partial charge in [-0.1, -0.05) is 35.9 Å². The standard InChI is InChI=1S/C16H15NO3/c1-12-8-10-13(11-9-12)15(18)17(16(19)20-2)14-6-4-3-5-7-14/h3-11H,1-2H3. The van der Waals surface area contributed by atoms with Crippen LogP contribution in [0.5, 0.6) is 0 Å². The van der Waals surface area contributed by atoms with E-state index in [9.17, 15) is 9.59 Å². The molecule has 0 atom stereocenters. The Balaban J connectivity index is 2.39. The van der Waals surface area contributed by atoms with Crippen molar-refractivity contribution in [1.82, 2.24) is 0 Å². The number of ether oxygens (including phenoxy) is 1. The number of carbonyl (C=O) groups excluding carboxylic acids is 2. The molecule has 4 heteroatoms. The van der Waals surface area contributed by atoms with Gasteiger partial charge in [-0.25, -0.2) is 9.69 Å². The molecule has 2 aromatic carbocycles. The third-order valence-electron chi connectivity index (χ3n) is 2.87. The molecule has 4 nitrogen and oxygen atoms in total. The molecular formula is C16H15NO3. The van der Waals surface area contributed by atoms with Gasteiger partial charge in [-0.05, 0) is 31.2 Å².